The maximum absolute atomic E-state index is 13.1. The maximum Gasteiger partial charge on any atom is 0.228 e. The van der Waals surface area contributed by atoms with Gasteiger partial charge in [-0.2, -0.15) is 0 Å². The van der Waals surface area contributed by atoms with Gasteiger partial charge in [0, 0.05) is 54.7 Å². The number of nitrogens with zero attached hydrogens (tertiary/aromatic N) is 2. The van der Waals surface area contributed by atoms with Crippen LogP contribution in [0, 0.1) is 5.92 Å². The van der Waals surface area contributed by atoms with Gasteiger partial charge in [0.15, 0.2) is 0 Å². The Morgan fingerprint density at radius 2 is 2.00 bits per heavy atom. The molecule has 3 heterocycles. The van der Waals surface area contributed by atoms with Crippen LogP contribution in [0.5, 0.6) is 0 Å². The van der Waals surface area contributed by atoms with Gasteiger partial charge in [0.2, 0.25) is 11.8 Å². The fourth-order valence-electron chi connectivity index (χ4n) is 4.71. The number of likely N-dealkylation sites (tertiary alicyclic amines) is 1. The summed E-state index contributed by atoms with van der Waals surface area (Å²) in [5, 5.41) is 1.79. The Balaban J connectivity index is 1.22. The largest absolute Gasteiger partial charge is 0.361 e. The number of nitrogens with one attached hydrogen (secondary N) is 1. The summed E-state index contributed by atoms with van der Waals surface area (Å²) in [6.45, 7) is 2.51. The first kappa shape index (κ1) is 19.2. The highest BCUT2D eigenvalue weighted by molar-refractivity contribution is 6.31. The number of carbonyl (C=O) groups excluding carboxylic acids is 2. The first-order chi connectivity index (χ1) is 14.6. The Labute approximate surface area is 180 Å². The van der Waals surface area contributed by atoms with Crippen molar-refractivity contribution in [3.05, 3.63) is 70.4 Å². The molecule has 1 fully saturated rings. The van der Waals surface area contributed by atoms with Crippen molar-refractivity contribution in [1.29, 1.82) is 0 Å². The molecule has 154 valence electrons. The van der Waals surface area contributed by atoms with E-state index in [0.29, 0.717) is 31.1 Å². The van der Waals surface area contributed by atoms with E-state index in [1.165, 1.54) is 11.1 Å². The van der Waals surface area contributed by atoms with E-state index in [1.54, 1.807) is 0 Å². The summed E-state index contributed by atoms with van der Waals surface area (Å²) in [4.78, 5) is 32.7. The zero-order valence-electron chi connectivity index (χ0n) is 16.7. The molecule has 0 radical (unpaired) electrons. The minimum Gasteiger partial charge on any atom is -0.361 e. The van der Waals surface area contributed by atoms with Gasteiger partial charge in [-0.15, -0.1) is 0 Å². The van der Waals surface area contributed by atoms with Crippen LogP contribution in [0.1, 0.15) is 23.1 Å². The molecule has 2 aliphatic rings. The fourth-order valence-corrected chi connectivity index (χ4v) is 4.88. The lowest BCUT2D eigenvalue weighted by atomic mass is 9.98. The first-order valence-electron chi connectivity index (χ1n) is 10.5. The quantitative estimate of drug-likeness (QED) is 0.696. The van der Waals surface area contributed by atoms with Gasteiger partial charge >= 0.3 is 0 Å². The zero-order valence-corrected chi connectivity index (χ0v) is 17.5. The lowest BCUT2D eigenvalue weighted by Gasteiger charge is -2.30. The summed E-state index contributed by atoms with van der Waals surface area (Å²) < 4.78 is 0. The van der Waals surface area contributed by atoms with Crippen molar-refractivity contribution in [3.63, 3.8) is 0 Å². The van der Waals surface area contributed by atoms with Crippen molar-refractivity contribution in [1.82, 2.24) is 14.8 Å². The average Bonchev–Trinajstić information content (AvgIpc) is 3.34. The molecule has 5 rings (SSSR count). The third-order valence-electron chi connectivity index (χ3n) is 6.39. The number of aromatic nitrogens is 1. The Morgan fingerprint density at radius 1 is 1.17 bits per heavy atom. The second-order valence-electron chi connectivity index (χ2n) is 8.27. The molecule has 6 heteroatoms. The molecule has 0 saturated carbocycles. The molecule has 0 spiro atoms. The molecular formula is C24H24ClN3O2. The predicted molar refractivity (Wildman–Crippen MR) is 117 cm³/mol. The van der Waals surface area contributed by atoms with Crippen molar-refractivity contribution >= 4 is 34.3 Å². The van der Waals surface area contributed by atoms with E-state index < -0.39 is 0 Å². The minimum absolute atomic E-state index is 0.0728. The predicted octanol–water partition coefficient (Wildman–Crippen LogP) is 3.80. The van der Waals surface area contributed by atoms with E-state index in [-0.39, 0.29) is 17.7 Å². The second-order valence-corrected chi connectivity index (χ2v) is 8.71. The molecule has 2 aliphatic heterocycles. The van der Waals surface area contributed by atoms with Crippen LogP contribution in [0.15, 0.2) is 48.7 Å². The second kappa shape index (κ2) is 7.80. The van der Waals surface area contributed by atoms with E-state index in [4.69, 9.17) is 11.6 Å². The van der Waals surface area contributed by atoms with Gasteiger partial charge in [-0.1, -0.05) is 35.9 Å². The van der Waals surface area contributed by atoms with Crippen LogP contribution >= 0.6 is 11.6 Å². The van der Waals surface area contributed by atoms with Crippen molar-refractivity contribution in [2.75, 3.05) is 19.6 Å². The van der Waals surface area contributed by atoms with Crippen LogP contribution in [0.2, 0.25) is 5.02 Å². The Morgan fingerprint density at radius 3 is 2.87 bits per heavy atom. The number of rotatable bonds is 4. The summed E-state index contributed by atoms with van der Waals surface area (Å²) in [6.07, 6.45) is 3.92. The van der Waals surface area contributed by atoms with Gasteiger partial charge < -0.3 is 14.8 Å². The highest BCUT2D eigenvalue weighted by Gasteiger charge is 2.37. The molecule has 5 nitrogen and oxygen atoms in total. The van der Waals surface area contributed by atoms with Gasteiger partial charge in [-0.3, -0.25) is 9.59 Å². The number of benzene rings is 2. The topological polar surface area (TPSA) is 56.4 Å². The highest BCUT2D eigenvalue weighted by Crippen LogP contribution is 2.26. The van der Waals surface area contributed by atoms with Crippen LogP contribution in [0.3, 0.4) is 0 Å². The number of aromatic amines is 1. The molecule has 1 atom stereocenters. The van der Waals surface area contributed by atoms with Gasteiger partial charge in [0.05, 0.1) is 5.92 Å². The molecular weight excluding hydrogens is 398 g/mol. The number of H-pyrrole nitrogens is 1. The molecule has 30 heavy (non-hydrogen) atoms. The summed E-state index contributed by atoms with van der Waals surface area (Å²) in [5.41, 5.74) is 4.73. The smallest absolute Gasteiger partial charge is 0.228 e. The molecule has 1 N–H and O–H groups in total. The zero-order chi connectivity index (χ0) is 20.7. The molecule has 3 aromatic rings. The first-order valence-corrected chi connectivity index (χ1v) is 10.8. The van der Waals surface area contributed by atoms with Gasteiger partial charge in [0.1, 0.15) is 0 Å². The number of fused-ring (bicyclic) bond motifs is 2. The SMILES string of the molecule is O=C1C[C@@H](C(=O)N2CCc3ccccc3C2)CN1CCc1c[nH]c2ccc(Cl)cc12. The van der Waals surface area contributed by atoms with E-state index >= 15 is 0 Å². The van der Waals surface area contributed by atoms with Gasteiger partial charge in [0.25, 0.3) is 0 Å². The van der Waals surface area contributed by atoms with Crippen molar-refractivity contribution in [2.45, 2.75) is 25.8 Å². The normalized spacial score (nSPS) is 18.8. The number of hydrogen-bond donors (Lipinski definition) is 1. The molecule has 1 aromatic heterocycles. The molecule has 0 bridgehead atoms. The Bertz CT molecular complexity index is 1120. The van der Waals surface area contributed by atoms with Gasteiger partial charge in [-0.05, 0) is 47.7 Å². The summed E-state index contributed by atoms with van der Waals surface area (Å²) in [6, 6.07) is 14.1. The van der Waals surface area contributed by atoms with Crippen LogP contribution in [-0.2, 0) is 29.0 Å². The third-order valence-corrected chi connectivity index (χ3v) is 6.62. The summed E-state index contributed by atoms with van der Waals surface area (Å²) >= 11 is 6.14. The standard InChI is InChI=1S/C24H24ClN3O2/c25-20-5-6-22-21(12-20)17(13-26-22)8-9-27-15-19(11-23(27)29)24(30)28-10-7-16-3-1-2-4-18(16)14-28/h1-6,12-13,19,26H,7-11,14-15H2/t19-/m1/s1. The lowest BCUT2D eigenvalue weighted by molar-refractivity contribution is -0.136. The molecule has 1 saturated heterocycles. The van der Waals surface area contributed by atoms with Gasteiger partial charge in [-0.25, -0.2) is 0 Å². The van der Waals surface area contributed by atoms with E-state index in [0.717, 1.165) is 35.9 Å². The average molecular weight is 422 g/mol. The monoisotopic (exact) mass is 421 g/mol. The number of amides is 2. The Hall–Kier alpha value is -2.79. The van der Waals surface area contributed by atoms with Crippen LogP contribution in [-0.4, -0.2) is 46.2 Å². The van der Waals surface area contributed by atoms with E-state index in [9.17, 15) is 9.59 Å². The molecule has 0 aliphatic carbocycles. The number of hydrogen-bond acceptors (Lipinski definition) is 2. The maximum atomic E-state index is 13.1. The summed E-state index contributed by atoms with van der Waals surface area (Å²) in [5.74, 6) is -0.0527. The van der Waals surface area contributed by atoms with E-state index in [1.807, 2.05) is 46.3 Å². The highest BCUT2D eigenvalue weighted by atomic mass is 35.5. The number of carbonyl (C=O) groups is 2. The summed E-state index contributed by atoms with van der Waals surface area (Å²) in [7, 11) is 0. The van der Waals surface area contributed by atoms with Crippen molar-refractivity contribution in [3.8, 4) is 0 Å². The lowest BCUT2D eigenvalue weighted by Crippen LogP contribution is -2.40. The minimum atomic E-state index is -0.236. The molecule has 2 aromatic carbocycles. The van der Waals surface area contributed by atoms with Crippen LogP contribution in [0.4, 0.5) is 0 Å². The van der Waals surface area contributed by atoms with Crippen LogP contribution < -0.4 is 0 Å². The van der Waals surface area contributed by atoms with Crippen LogP contribution in [0.25, 0.3) is 10.9 Å². The number of halogens is 1. The third kappa shape index (κ3) is 3.58. The van der Waals surface area contributed by atoms with Crippen molar-refractivity contribution in [2.24, 2.45) is 5.92 Å². The Kier molecular flexibility index (Phi) is 4.99. The van der Waals surface area contributed by atoms with Crippen molar-refractivity contribution < 1.29 is 9.59 Å². The van der Waals surface area contributed by atoms with E-state index in [2.05, 4.69) is 17.1 Å². The molecule has 2 amide bonds. The molecule has 0 unspecified atom stereocenters. The fraction of sp³-hybridized carbons (Fsp3) is 0.333.